The van der Waals surface area contributed by atoms with E-state index in [2.05, 4.69) is 4.98 Å². The maximum atomic E-state index is 13.1. The summed E-state index contributed by atoms with van der Waals surface area (Å²) in [5.41, 5.74) is 1.81. The lowest BCUT2D eigenvalue weighted by atomic mass is 10.0. The fraction of sp³-hybridized carbons (Fsp3) is 0.120. The molecule has 1 unspecified atom stereocenters. The van der Waals surface area contributed by atoms with Gasteiger partial charge in [0.1, 0.15) is 11.6 Å². The minimum absolute atomic E-state index is 0.00905. The molecule has 0 saturated heterocycles. The molecule has 0 spiro atoms. The van der Waals surface area contributed by atoms with Crippen LogP contribution in [-0.2, 0) is 21.4 Å². The Kier molecular flexibility index (Phi) is 6.58. The molecular weight excluding hydrogens is 459 g/mol. The van der Waals surface area contributed by atoms with E-state index in [1.165, 1.54) is 19.2 Å². The Hall–Kier alpha value is -3.82. The third kappa shape index (κ3) is 4.90. The van der Waals surface area contributed by atoms with Gasteiger partial charge in [-0.1, -0.05) is 30.3 Å². The van der Waals surface area contributed by atoms with Gasteiger partial charge >= 0.3 is 5.97 Å². The molecule has 1 aromatic heterocycles. The van der Waals surface area contributed by atoms with Gasteiger partial charge in [-0.25, -0.2) is 17.6 Å². The monoisotopic (exact) mass is 480 g/mol. The van der Waals surface area contributed by atoms with Crippen LogP contribution in [0, 0.1) is 5.82 Å². The Morgan fingerprint density at radius 3 is 2.41 bits per heavy atom. The molecule has 7 nitrogen and oxygen atoms in total. The first-order chi connectivity index (χ1) is 16.3. The maximum absolute atomic E-state index is 13.1. The van der Waals surface area contributed by atoms with Crippen molar-refractivity contribution in [3.8, 4) is 5.75 Å². The number of hydrogen-bond donors (Lipinski definition) is 1. The summed E-state index contributed by atoms with van der Waals surface area (Å²) < 4.78 is 45.5. The molecule has 0 fully saturated rings. The third-order valence-corrected chi connectivity index (χ3v) is 7.11. The summed E-state index contributed by atoms with van der Waals surface area (Å²) >= 11 is 0. The van der Waals surface area contributed by atoms with Crippen molar-refractivity contribution in [2.75, 3.05) is 7.05 Å². The Balaban J connectivity index is 1.51. The quantitative estimate of drug-likeness (QED) is 0.402. The lowest BCUT2D eigenvalue weighted by Crippen LogP contribution is -2.26. The second-order valence-corrected chi connectivity index (χ2v) is 9.66. The van der Waals surface area contributed by atoms with Crippen molar-refractivity contribution in [1.29, 1.82) is 0 Å². The van der Waals surface area contributed by atoms with E-state index in [-0.39, 0.29) is 11.4 Å². The van der Waals surface area contributed by atoms with Gasteiger partial charge in [-0.2, -0.15) is 4.31 Å². The third-order valence-electron chi connectivity index (χ3n) is 5.29. The molecule has 0 aliphatic heterocycles. The number of halogens is 1. The molecule has 34 heavy (non-hydrogen) atoms. The van der Waals surface area contributed by atoms with Crippen molar-refractivity contribution in [3.63, 3.8) is 0 Å². The van der Waals surface area contributed by atoms with Crippen LogP contribution in [0.4, 0.5) is 4.39 Å². The van der Waals surface area contributed by atoms with E-state index >= 15 is 0 Å². The maximum Gasteiger partial charge on any atom is 0.349 e. The highest BCUT2D eigenvalue weighted by atomic mass is 32.2. The molecule has 9 heteroatoms. The molecule has 1 heterocycles. The van der Waals surface area contributed by atoms with Crippen LogP contribution in [0.1, 0.15) is 17.2 Å². The summed E-state index contributed by atoms with van der Waals surface area (Å²) in [6, 6.07) is 19.9. The summed E-state index contributed by atoms with van der Waals surface area (Å²) in [6.07, 6.45) is 0.384. The zero-order valence-corrected chi connectivity index (χ0v) is 18.9. The molecule has 0 bridgehead atoms. The van der Waals surface area contributed by atoms with E-state index in [4.69, 9.17) is 4.74 Å². The van der Waals surface area contributed by atoms with Gasteiger partial charge in [-0.3, -0.25) is 4.98 Å². The number of aromatic nitrogens is 1. The number of carboxylic acid groups (broad SMARTS) is 1. The molecule has 1 atom stereocenters. The summed E-state index contributed by atoms with van der Waals surface area (Å²) in [5.74, 6) is -1.34. The number of fused-ring (bicyclic) bond motifs is 1. The van der Waals surface area contributed by atoms with Crippen LogP contribution < -0.4 is 4.74 Å². The first-order valence-corrected chi connectivity index (χ1v) is 11.7. The van der Waals surface area contributed by atoms with E-state index in [1.807, 2.05) is 0 Å². The summed E-state index contributed by atoms with van der Waals surface area (Å²) in [4.78, 5) is 16.2. The first-order valence-electron chi connectivity index (χ1n) is 10.3. The van der Waals surface area contributed by atoms with Crippen molar-refractivity contribution in [3.05, 3.63) is 102 Å². The Labute approximate surface area is 196 Å². The van der Waals surface area contributed by atoms with Gasteiger partial charge in [-0.05, 0) is 54.1 Å². The highest BCUT2D eigenvalue weighted by Gasteiger charge is 2.25. The van der Waals surface area contributed by atoms with Crippen LogP contribution in [-0.4, -0.2) is 35.8 Å². The molecule has 174 valence electrons. The van der Waals surface area contributed by atoms with Gasteiger partial charge in [0.15, 0.2) is 0 Å². The van der Waals surface area contributed by atoms with Crippen LogP contribution in [0.3, 0.4) is 0 Å². The van der Waals surface area contributed by atoms with E-state index in [0.717, 1.165) is 16.4 Å². The molecule has 0 aliphatic carbocycles. The fourth-order valence-corrected chi connectivity index (χ4v) is 4.70. The number of sulfonamides is 1. The number of ether oxygens (including phenoxy) is 1. The second-order valence-electron chi connectivity index (χ2n) is 7.61. The normalized spacial score (nSPS) is 12.6. The van der Waals surface area contributed by atoms with Crippen molar-refractivity contribution in [2.24, 2.45) is 0 Å². The summed E-state index contributed by atoms with van der Waals surface area (Å²) in [6.45, 7) is 0.0668. The van der Waals surface area contributed by atoms with Crippen LogP contribution in [0.5, 0.6) is 5.75 Å². The topological polar surface area (TPSA) is 96.8 Å². The van der Waals surface area contributed by atoms with E-state index in [0.29, 0.717) is 27.8 Å². The highest BCUT2D eigenvalue weighted by molar-refractivity contribution is 7.89. The molecule has 0 saturated carbocycles. The van der Waals surface area contributed by atoms with Gasteiger partial charge in [-0.15, -0.1) is 0 Å². The molecule has 0 amide bonds. The summed E-state index contributed by atoms with van der Waals surface area (Å²) in [5, 5.41) is 10.5. The van der Waals surface area contributed by atoms with Gasteiger partial charge in [0.05, 0.1) is 10.4 Å². The standard InChI is InChI=1S/C25H21FN2O5S/c1-28(34(31,32)20-13-9-18(26)10-14-20)16-17-7-11-19(12-8-17)33-24(25(29)30)22-4-2-6-23-21(22)5-3-15-27-23/h2-15,24H,16H2,1H3,(H,29,30). The van der Waals surface area contributed by atoms with Crippen molar-refractivity contribution < 1.29 is 27.4 Å². The molecule has 4 aromatic rings. The van der Waals surface area contributed by atoms with Crippen LogP contribution in [0.25, 0.3) is 10.9 Å². The molecule has 0 aliphatic rings. The lowest BCUT2D eigenvalue weighted by Gasteiger charge is -2.19. The number of rotatable bonds is 8. The van der Waals surface area contributed by atoms with E-state index in [1.54, 1.807) is 60.8 Å². The lowest BCUT2D eigenvalue weighted by molar-refractivity contribution is -0.145. The van der Waals surface area contributed by atoms with Crippen molar-refractivity contribution in [2.45, 2.75) is 17.5 Å². The fourth-order valence-electron chi connectivity index (χ4n) is 3.54. The van der Waals surface area contributed by atoms with Gasteiger partial charge in [0.25, 0.3) is 0 Å². The van der Waals surface area contributed by atoms with Gasteiger partial charge in [0, 0.05) is 30.7 Å². The van der Waals surface area contributed by atoms with Crippen LogP contribution in [0.2, 0.25) is 0 Å². The molecule has 4 rings (SSSR count). The first kappa shape index (κ1) is 23.3. The molecule has 3 aromatic carbocycles. The summed E-state index contributed by atoms with van der Waals surface area (Å²) in [7, 11) is -2.37. The Bertz CT molecular complexity index is 1420. The van der Waals surface area contributed by atoms with E-state index in [9.17, 15) is 22.7 Å². The second kappa shape index (κ2) is 9.58. The van der Waals surface area contributed by atoms with Crippen LogP contribution in [0.15, 0.2) is 90.0 Å². The highest BCUT2D eigenvalue weighted by Crippen LogP contribution is 2.28. The number of hydrogen-bond acceptors (Lipinski definition) is 5. The number of carboxylic acids is 1. The zero-order valence-electron chi connectivity index (χ0n) is 18.1. The minimum Gasteiger partial charge on any atom is -0.478 e. The van der Waals surface area contributed by atoms with E-state index < -0.39 is 27.9 Å². The predicted octanol–water partition coefficient (Wildman–Crippen LogP) is 4.40. The number of pyridine rings is 1. The Morgan fingerprint density at radius 2 is 1.74 bits per heavy atom. The van der Waals surface area contributed by atoms with Gasteiger partial charge in [0.2, 0.25) is 16.1 Å². The number of carbonyl (C=O) groups is 1. The van der Waals surface area contributed by atoms with Gasteiger partial charge < -0.3 is 9.84 Å². The SMILES string of the molecule is CN(Cc1ccc(OC(C(=O)O)c2cccc3ncccc23)cc1)S(=O)(=O)c1ccc(F)cc1. The van der Waals surface area contributed by atoms with Crippen molar-refractivity contribution >= 4 is 26.9 Å². The van der Waals surface area contributed by atoms with Crippen LogP contribution >= 0.6 is 0 Å². The number of aliphatic carboxylic acids is 1. The average Bonchev–Trinajstić information content (AvgIpc) is 2.83. The number of nitrogens with zero attached hydrogens (tertiary/aromatic N) is 2. The minimum atomic E-state index is -3.80. The average molecular weight is 481 g/mol. The predicted molar refractivity (Wildman–Crippen MR) is 124 cm³/mol. The molecular formula is C25H21FN2O5S. The smallest absolute Gasteiger partial charge is 0.349 e. The molecule has 0 radical (unpaired) electrons. The zero-order chi connectivity index (χ0) is 24.3. The Morgan fingerprint density at radius 1 is 1.03 bits per heavy atom. The number of benzene rings is 3. The molecule has 1 N–H and O–H groups in total. The largest absolute Gasteiger partial charge is 0.478 e. The van der Waals surface area contributed by atoms with Crippen molar-refractivity contribution in [1.82, 2.24) is 9.29 Å².